The maximum atomic E-state index is 13.7. The van der Waals surface area contributed by atoms with Crippen LogP contribution in [0.15, 0.2) is 59.3 Å². The van der Waals surface area contributed by atoms with Gasteiger partial charge in [-0.3, -0.25) is 9.20 Å². The normalized spacial score (nSPS) is 12.3. The lowest BCUT2D eigenvalue weighted by Crippen LogP contribution is -2.25. The Morgan fingerprint density at radius 2 is 1.73 bits per heavy atom. The van der Waals surface area contributed by atoms with Gasteiger partial charge in [0.2, 0.25) is 0 Å². The molecule has 172 valence electrons. The van der Waals surface area contributed by atoms with Crippen LogP contribution in [0.1, 0.15) is 27.2 Å². The van der Waals surface area contributed by atoms with E-state index in [9.17, 15) is 31.1 Å². The summed E-state index contributed by atoms with van der Waals surface area (Å²) in [6.45, 7) is -0.539. The second-order valence-corrected chi connectivity index (χ2v) is 7.26. The number of fused-ring (bicyclic) bond motifs is 1. The Bertz CT molecular complexity index is 1330. The first-order chi connectivity index (χ1) is 15.5. The fourth-order valence-electron chi connectivity index (χ4n) is 3.26. The van der Waals surface area contributed by atoms with Gasteiger partial charge in [0.05, 0.1) is 17.4 Å². The monoisotopic (exact) mass is 487 g/mol. The van der Waals surface area contributed by atoms with Crippen molar-refractivity contribution in [3.8, 4) is 11.3 Å². The lowest BCUT2D eigenvalue weighted by molar-refractivity contribution is -0.138. The van der Waals surface area contributed by atoms with E-state index >= 15 is 0 Å². The molecule has 0 bridgehead atoms. The lowest BCUT2D eigenvalue weighted by atomic mass is 10.1. The summed E-state index contributed by atoms with van der Waals surface area (Å²) in [5, 5.41) is 1.79. The molecule has 33 heavy (non-hydrogen) atoms. The second kappa shape index (κ2) is 8.14. The fraction of sp³-hybridized carbons (Fsp3) is 0.143. The van der Waals surface area contributed by atoms with Crippen molar-refractivity contribution in [2.24, 2.45) is 0 Å². The molecule has 0 unspecified atom stereocenters. The topological polar surface area (TPSA) is 59.5 Å². The van der Waals surface area contributed by atoms with Crippen molar-refractivity contribution in [1.82, 2.24) is 14.7 Å². The number of hydrogen-bond acceptors (Lipinski definition) is 3. The van der Waals surface area contributed by atoms with Crippen LogP contribution in [-0.4, -0.2) is 15.3 Å². The molecule has 3 aromatic heterocycles. The Hall–Kier alpha value is -3.47. The van der Waals surface area contributed by atoms with Gasteiger partial charge in [-0.2, -0.15) is 26.3 Å². The maximum Gasteiger partial charge on any atom is 0.420 e. The molecule has 5 nitrogen and oxygen atoms in total. The molecule has 12 heteroatoms. The van der Waals surface area contributed by atoms with Crippen LogP contribution in [-0.2, 0) is 18.9 Å². The average molecular weight is 488 g/mol. The predicted octanol–water partition coefficient (Wildman–Crippen LogP) is 6.22. The van der Waals surface area contributed by atoms with Crippen LogP contribution >= 0.6 is 11.6 Å². The van der Waals surface area contributed by atoms with E-state index in [1.807, 2.05) is 0 Å². The minimum atomic E-state index is -4.84. The summed E-state index contributed by atoms with van der Waals surface area (Å²) in [5.74, 6) is -0.907. The number of rotatable bonds is 4. The van der Waals surface area contributed by atoms with Crippen LogP contribution in [0.25, 0.3) is 17.0 Å². The molecule has 0 fully saturated rings. The number of benzene rings is 1. The maximum absolute atomic E-state index is 13.7. The molecular weight excluding hydrogens is 476 g/mol. The number of nitrogens with one attached hydrogen (secondary N) is 1. The van der Waals surface area contributed by atoms with Crippen LogP contribution in [0.4, 0.5) is 26.3 Å². The van der Waals surface area contributed by atoms with Gasteiger partial charge in [0.15, 0.2) is 11.3 Å². The van der Waals surface area contributed by atoms with Crippen LogP contribution in [0.3, 0.4) is 0 Å². The van der Waals surface area contributed by atoms with Crippen LogP contribution < -0.4 is 5.32 Å². The highest BCUT2D eigenvalue weighted by Gasteiger charge is 2.36. The average Bonchev–Trinajstić information content (AvgIpc) is 3.39. The number of nitrogens with zero attached hydrogens (tertiary/aromatic N) is 2. The number of halogens is 7. The third-order valence-corrected chi connectivity index (χ3v) is 5.11. The minimum Gasteiger partial charge on any atom is -0.464 e. The van der Waals surface area contributed by atoms with E-state index in [1.54, 1.807) is 0 Å². The molecule has 0 radical (unpaired) electrons. The number of amides is 1. The fourth-order valence-corrected chi connectivity index (χ4v) is 3.51. The van der Waals surface area contributed by atoms with E-state index in [-0.39, 0.29) is 16.9 Å². The van der Waals surface area contributed by atoms with Crippen molar-refractivity contribution in [1.29, 1.82) is 0 Å². The number of aromatic nitrogens is 2. The molecule has 0 spiro atoms. The smallest absolute Gasteiger partial charge is 0.420 e. The summed E-state index contributed by atoms with van der Waals surface area (Å²) in [5.41, 5.74) is -3.51. The number of alkyl halides is 6. The molecule has 0 saturated carbocycles. The zero-order valence-electron chi connectivity index (χ0n) is 16.3. The van der Waals surface area contributed by atoms with Gasteiger partial charge < -0.3 is 9.73 Å². The number of pyridine rings is 1. The molecule has 0 saturated heterocycles. The molecule has 3 heterocycles. The first-order valence-electron chi connectivity index (χ1n) is 9.23. The summed E-state index contributed by atoms with van der Waals surface area (Å²) in [6, 6.07) is 8.32. The minimum absolute atomic E-state index is 0.0326. The predicted molar refractivity (Wildman–Crippen MR) is 106 cm³/mol. The van der Waals surface area contributed by atoms with Crippen molar-refractivity contribution in [3.63, 3.8) is 0 Å². The largest absolute Gasteiger partial charge is 0.464 e. The highest BCUT2D eigenvalue weighted by Crippen LogP contribution is 2.37. The number of furan rings is 1. The van der Waals surface area contributed by atoms with Crippen LogP contribution in [0.5, 0.6) is 0 Å². The summed E-state index contributed by atoms with van der Waals surface area (Å²) >= 11 is 6.15. The van der Waals surface area contributed by atoms with E-state index in [4.69, 9.17) is 16.0 Å². The van der Waals surface area contributed by atoms with Gasteiger partial charge in [-0.15, -0.1) is 0 Å². The van der Waals surface area contributed by atoms with Crippen molar-refractivity contribution in [2.45, 2.75) is 18.9 Å². The zero-order chi connectivity index (χ0) is 24.0. The number of hydrogen-bond donors (Lipinski definition) is 1. The number of carbonyl (C=O) groups is 1. The summed E-state index contributed by atoms with van der Waals surface area (Å²) in [4.78, 5) is 16.3. The van der Waals surface area contributed by atoms with Gasteiger partial charge in [-0.05, 0) is 29.8 Å². The number of imidazole rings is 1. The molecular formula is C21H12ClF6N3O2. The van der Waals surface area contributed by atoms with Gasteiger partial charge in [0.25, 0.3) is 5.91 Å². The lowest BCUT2D eigenvalue weighted by Gasteiger charge is -2.12. The highest BCUT2D eigenvalue weighted by atomic mass is 35.5. The van der Waals surface area contributed by atoms with Gasteiger partial charge in [0, 0.05) is 18.3 Å². The van der Waals surface area contributed by atoms with Gasteiger partial charge in [-0.25, -0.2) is 4.98 Å². The first-order valence-corrected chi connectivity index (χ1v) is 9.60. The Morgan fingerprint density at radius 1 is 1.03 bits per heavy atom. The van der Waals surface area contributed by atoms with E-state index < -0.39 is 52.4 Å². The molecule has 1 N–H and O–H groups in total. The zero-order valence-corrected chi connectivity index (χ0v) is 17.0. The molecule has 1 aromatic carbocycles. The Balaban J connectivity index is 1.72. The standard InChI is InChI=1S/C21H12ClF6N3O2/c22-17-16(19(32)29-9-11-4-1-2-5-13(11)20(23,24)25)30-18-14(21(26,27)28)8-12(10-31(17)18)15-6-3-7-33-15/h1-8,10H,9H2,(H,29,32). The number of carbonyl (C=O) groups excluding carboxylic acids is 1. The van der Waals surface area contributed by atoms with Crippen molar-refractivity contribution in [3.05, 3.63) is 82.5 Å². The van der Waals surface area contributed by atoms with Crippen molar-refractivity contribution < 1.29 is 35.6 Å². The first kappa shape index (κ1) is 22.7. The van der Waals surface area contributed by atoms with Gasteiger partial charge >= 0.3 is 12.4 Å². The van der Waals surface area contributed by atoms with Crippen LogP contribution in [0, 0.1) is 0 Å². The van der Waals surface area contributed by atoms with E-state index in [0.29, 0.717) is 0 Å². The molecule has 0 atom stereocenters. The van der Waals surface area contributed by atoms with Gasteiger partial charge in [0.1, 0.15) is 10.9 Å². The van der Waals surface area contributed by atoms with E-state index in [1.165, 1.54) is 42.8 Å². The third-order valence-electron chi connectivity index (χ3n) is 4.75. The second-order valence-electron chi connectivity index (χ2n) is 6.90. The Kier molecular flexibility index (Phi) is 5.61. The molecule has 4 rings (SSSR count). The summed E-state index contributed by atoms with van der Waals surface area (Å²) in [6.07, 6.45) is -6.99. The van der Waals surface area contributed by atoms with Crippen molar-refractivity contribution in [2.75, 3.05) is 0 Å². The Labute approximate surface area is 186 Å². The van der Waals surface area contributed by atoms with Gasteiger partial charge in [-0.1, -0.05) is 29.8 Å². The highest BCUT2D eigenvalue weighted by molar-refractivity contribution is 6.33. The van der Waals surface area contributed by atoms with E-state index in [0.717, 1.165) is 16.5 Å². The summed E-state index contributed by atoms with van der Waals surface area (Å²) < 4.78 is 86.5. The Morgan fingerprint density at radius 3 is 2.36 bits per heavy atom. The SMILES string of the molecule is O=C(NCc1ccccc1C(F)(F)F)c1nc2c(C(F)(F)F)cc(-c3ccco3)cn2c1Cl. The van der Waals surface area contributed by atoms with Crippen LogP contribution in [0.2, 0.25) is 5.15 Å². The molecule has 1 amide bonds. The van der Waals surface area contributed by atoms with Crippen molar-refractivity contribution >= 4 is 23.2 Å². The molecule has 4 aromatic rings. The molecule has 0 aliphatic carbocycles. The van der Waals surface area contributed by atoms with E-state index in [2.05, 4.69) is 10.3 Å². The summed E-state index contributed by atoms with van der Waals surface area (Å²) in [7, 11) is 0. The molecule has 0 aliphatic rings. The molecule has 0 aliphatic heterocycles. The quantitative estimate of drug-likeness (QED) is 0.348. The third kappa shape index (κ3) is 4.40.